The van der Waals surface area contributed by atoms with Crippen LogP contribution in [-0.2, 0) is 9.59 Å². The molecule has 0 radical (unpaired) electrons. The second-order valence-electron chi connectivity index (χ2n) is 5.78. The molecule has 0 spiro atoms. The highest BCUT2D eigenvalue weighted by atomic mass is 16.3. The van der Waals surface area contributed by atoms with Crippen LogP contribution in [0.15, 0.2) is 24.3 Å². The van der Waals surface area contributed by atoms with E-state index >= 15 is 0 Å². The van der Waals surface area contributed by atoms with Crippen LogP contribution in [0.2, 0.25) is 0 Å². The Bertz CT molecular complexity index is 481. The predicted octanol–water partition coefficient (Wildman–Crippen LogP) is 2.63. The summed E-state index contributed by atoms with van der Waals surface area (Å²) in [4.78, 5) is 23.3. The van der Waals surface area contributed by atoms with Crippen molar-refractivity contribution in [3.05, 3.63) is 24.3 Å². The first kappa shape index (κ1) is 17.2. The average Bonchev–Trinajstić information content (AvgIpc) is 2.40. The molecule has 1 unspecified atom stereocenters. The average molecular weight is 292 g/mol. The summed E-state index contributed by atoms with van der Waals surface area (Å²) in [5, 5.41) is 15.2. The topological polar surface area (TPSA) is 78.4 Å². The van der Waals surface area contributed by atoms with E-state index in [1.165, 1.54) is 0 Å². The highest BCUT2D eigenvalue weighted by Gasteiger charge is 2.14. The zero-order chi connectivity index (χ0) is 16.0. The normalized spacial score (nSPS) is 12.3. The smallest absolute Gasteiger partial charge is 0.226 e. The molecule has 0 aliphatic rings. The third-order valence-corrected chi connectivity index (χ3v) is 3.12. The number of anilines is 2. The molecule has 1 rings (SSSR count). The molecule has 1 aromatic carbocycles. The summed E-state index contributed by atoms with van der Waals surface area (Å²) in [6.07, 6.45) is -0.571. The molecule has 1 aromatic rings. The van der Waals surface area contributed by atoms with Crippen LogP contribution in [-0.4, -0.2) is 23.0 Å². The van der Waals surface area contributed by atoms with Crippen molar-refractivity contribution in [3.8, 4) is 0 Å². The van der Waals surface area contributed by atoms with Crippen molar-refractivity contribution in [2.45, 2.75) is 40.2 Å². The lowest BCUT2D eigenvalue weighted by Gasteiger charge is -2.14. The van der Waals surface area contributed by atoms with E-state index in [1.54, 1.807) is 24.3 Å². The monoisotopic (exact) mass is 292 g/mol. The van der Waals surface area contributed by atoms with Crippen molar-refractivity contribution in [3.63, 3.8) is 0 Å². The molecular formula is C16H24N2O3. The Labute approximate surface area is 125 Å². The number of nitrogens with one attached hydrogen (secondary N) is 2. The van der Waals surface area contributed by atoms with Crippen LogP contribution in [0.1, 0.15) is 34.1 Å². The second-order valence-corrected chi connectivity index (χ2v) is 5.78. The van der Waals surface area contributed by atoms with Gasteiger partial charge in [-0.25, -0.2) is 0 Å². The van der Waals surface area contributed by atoms with Crippen LogP contribution < -0.4 is 10.6 Å². The third kappa shape index (κ3) is 5.95. The van der Waals surface area contributed by atoms with Crippen molar-refractivity contribution in [2.24, 2.45) is 11.8 Å². The zero-order valence-electron chi connectivity index (χ0n) is 13.0. The summed E-state index contributed by atoms with van der Waals surface area (Å²) in [5.41, 5.74) is 1.33. The van der Waals surface area contributed by atoms with Gasteiger partial charge in [0.15, 0.2) is 0 Å². The Morgan fingerprint density at radius 2 is 1.48 bits per heavy atom. The molecule has 0 bridgehead atoms. The predicted molar refractivity (Wildman–Crippen MR) is 84.0 cm³/mol. The van der Waals surface area contributed by atoms with E-state index in [0.29, 0.717) is 11.4 Å². The number of aliphatic hydroxyl groups excluding tert-OH is 1. The lowest BCUT2D eigenvalue weighted by atomic mass is 10.0. The van der Waals surface area contributed by atoms with Gasteiger partial charge in [0.25, 0.3) is 0 Å². The molecule has 0 aliphatic heterocycles. The largest absolute Gasteiger partial charge is 0.392 e. The molecule has 0 saturated heterocycles. The minimum Gasteiger partial charge on any atom is -0.392 e. The van der Waals surface area contributed by atoms with E-state index in [0.717, 1.165) is 0 Å². The molecule has 0 heterocycles. The molecule has 3 N–H and O–H groups in total. The molecule has 1 atom stereocenters. The Morgan fingerprint density at radius 1 is 1.00 bits per heavy atom. The van der Waals surface area contributed by atoms with Crippen molar-refractivity contribution >= 4 is 23.2 Å². The molecule has 21 heavy (non-hydrogen) atoms. The number of carbonyl (C=O) groups is 2. The van der Waals surface area contributed by atoms with Crippen LogP contribution in [0, 0.1) is 11.8 Å². The highest BCUT2D eigenvalue weighted by Crippen LogP contribution is 2.15. The fourth-order valence-electron chi connectivity index (χ4n) is 1.56. The van der Waals surface area contributed by atoms with E-state index in [2.05, 4.69) is 10.6 Å². The minimum absolute atomic E-state index is 0.0457. The maximum Gasteiger partial charge on any atom is 0.226 e. The van der Waals surface area contributed by atoms with Crippen molar-refractivity contribution < 1.29 is 14.7 Å². The van der Waals surface area contributed by atoms with Gasteiger partial charge in [-0.1, -0.05) is 27.7 Å². The Hall–Kier alpha value is -1.88. The van der Waals surface area contributed by atoms with E-state index in [-0.39, 0.29) is 30.1 Å². The fourth-order valence-corrected chi connectivity index (χ4v) is 1.56. The van der Waals surface area contributed by atoms with Gasteiger partial charge in [-0.2, -0.15) is 0 Å². The fraction of sp³-hybridized carbons (Fsp3) is 0.500. The summed E-state index contributed by atoms with van der Waals surface area (Å²) >= 11 is 0. The number of amides is 2. The van der Waals surface area contributed by atoms with Crippen molar-refractivity contribution in [1.82, 2.24) is 0 Å². The SMILES string of the molecule is CC(C)C(=O)Nc1ccc(NC(=O)CC(O)C(C)C)cc1. The number of hydrogen-bond donors (Lipinski definition) is 3. The first-order valence-electron chi connectivity index (χ1n) is 7.18. The maximum absolute atomic E-state index is 11.7. The minimum atomic E-state index is -0.644. The van der Waals surface area contributed by atoms with Crippen LogP contribution in [0.25, 0.3) is 0 Å². The highest BCUT2D eigenvalue weighted by molar-refractivity contribution is 5.93. The Balaban J connectivity index is 2.55. The molecule has 5 heteroatoms. The zero-order valence-corrected chi connectivity index (χ0v) is 13.0. The van der Waals surface area contributed by atoms with Gasteiger partial charge in [-0.3, -0.25) is 9.59 Å². The number of hydrogen-bond acceptors (Lipinski definition) is 3. The van der Waals surface area contributed by atoms with Gasteiger partial charge in [0.1, 0.15) is 0 Å². The quantitative estimate of drug-likeness (QED) is 0.754. The second kappa shape index (κ2) is 7.78. The summed E-state index contributed by atoms with van der Waals surface area (Å²) in [6.45, 7) is 7.38. The number of carbonyl (C=O) groups excluding carboxylic acids is 2. The van der Waals surface area contributed by atoms with Gasteiger partial charge >= 0.3 is 0 Å². The van der Waals surface area contributed by atoms with Crippen LogP contribution in [0.4, 0.5) is 11.4 Å². The Kier molecular flexibility index (Phi) is 6.37. The first-order valence-corrected chi connectivity index (χ1v) is 7.18. The summed E-state index contributed by atoms with van der Waals surface area (Å²) in [5.74, 6) is -0.312. The van der Waals surface area contributed by atoms with Crippen LogP contribution in [0.3, 0.4) is 0 Å². The van der Waals surface area contributed by atoms with Gasteiger partial charge < -0.3 is 15.7 Å². The maximum atomic E-state index is 11.7. The summed E-state index contributed by atoms with van der Waals surface area (Å²) < 4.78 is 0. The van der Waals surface area contributed by atoms with E-state index < -0.39 is 6.10 Å². The molecule has 0 aromatic heterocycles. The van der Waals surface area contributed by atoms with Crippen LogP contribution >= 0.6 is 0 Å². The lowest BCUT2D eigenvalue weighted by molar-refractivity contribution is -0.119. The van der Waals surface area contributed by atoms with Crippen molar-refractivity contribution in [2.75, 3.05) is 10.6 Å². The van der Waals surface area contributed by atoms with E-state index in [1.807, 2.05) is 27.7 Å². The lowest BCUT2D eigenvalue weighted by Crippen LogP contribution is -2.23. The molecule has 5 nitrogen and oxygen atoms in total. The number of benzene rings is 1. The standard InChI is InChI=1S/C16H24N2O3/c1-10(2)14(19)9-15(20)17-12-5-7-13(8-6-12)18-16(21)11(3)4/h5-8,10-11,14,19H,9H2,1-4H3,(H,17,20)(H,18,21). The molecule has 0 fully saturated rings. The molecule has 116 valence electrons. The first-order chi connectivity index (χ1) is 9.79. The van der Waals surface area contributed by atoms with Gasteiger partial charge in [0.2, 0.25) is 11.8 Å². The molecule has 0 saturated carbocycles. The van der Waals surface area contributed by atoms with Crippen LogP contribution in [0.5, 0.6) is 0 Å². The van der Waals surface area contributed by atoms with Gasteiger partial charge in [-0.15, -0.1) is 0 Å². The van der Waals surface area contributed by atoms with E-state index in [4.69, 9.17) is 0 Å². The van der Waals surface area contributed by atoms with Crippen molar-refractivity contribution in [1.29, 1.82) is 0 Å². The molecule has 0 aliphatic carbocycles. The Morgan fingerprint density at radius 3 is 1.90 bits per heavy atom. The van der Waals surface area contributed by atoms with Gasteiger partial charge in [-0.05, 0) is 30.2 Å². The number of aliphatic hydroxyl groups is 1. The van der Waals surface area contributed by atoms with Gasteiger partial charge in [0.05, 0.1) is 12.5 Å². The molecule has 2 amide bonds. The third-order valence-electron chi connectivity index (χ3n) is 3.12. The number of rotatable bonds is 6. The molecular weight excluding hydrogens is 268 g/mol. The van der Waals surface area contributed by atoms with E-state index in [9.17, 15) is 14.7 Å². The summed E-state index contributed by atoms with van der Waals surface area (Å²) in [6, 6.07) is 6.90. The summed E-state index contributed by atoms with van der Waals surface area (Å²) in [7, 11) is 0. The van der Waals surface area contributed by atoms with Gasteiger partial charge in [0, 0.05) is 17.3 Å².